The molecule has 0 saturated heterocycles. The lowest BCUT2D eigenvalue weighted by Crippen LogP contribution is -2.26. The van der Waals surface area contributed by atoms with Crippen LogP contribution in [0.25, 0.3) is 0 Å². The van der Waals surface area contributed by atoms with Crippen molar-refractivity contribution in [1.82, 2.24) is 0 Å². The lowest BCUT2D eigenvalue weighted by Gasteiger charge is -2.24. The number of benzene rings is 1. The summed E-state index contributed by atoms with van der Waals surface area (Å²) in [7, 11) is 1.60. The SMILES string of the molecule is CN(C(=O)O)c1ccc(Br)c2c1CCCC2. The first kappa shape index (κ1) is 11.5. The summed E-state index contributed by atoms with van der Waals surface area (Å²) in [6.45, 7) is 0. The third kappa shape index (κ3) is 1.94. The smallest absolute Gasteiger partial charge is 0.411 e. The molecule has 0 aliphatic heterocycles. The maximum Gasteiger partial charge on any atom is 0.411 e. The molecule has 0 radical (unpaired) electrons. The molecule has 0 unspecified atom stereocenters. The normalized spacial score (nSPS) is 14.4. The third-order valence-corrected chi connectivity index (χ3v) is 3.84. The monoisotopic (exact) mass is 283 g/mol. The standard InChI is InChI=1S/C12H14BrNO2/c1-14(12(15)16)11-7-6-10(13)8-4-2-3-5-9(8)11/h6-7H,2-5H2,1H3,(H,15,16). The van der Waals surface area contributed by atoms with E-state index in [4.69, 9.17) is 5.11 Å². The van der Waals surface area contributed by atoms with Crippen LogP contribution in [0.4, 0.5) is 10.5 Å². The van der Waals surface area contributed by atoms with Crippen LogP contribution in [0.5, 0.6) is 0 Å². The van der Waals surface area contributed by atoms with Gasteiger partial charge < -0.3 is 5.11 Å². The molecule has 4 heteroatoms. The van der Waals surface area contributed by atoms with E-state index in [-0.39, 0.29) is 0 Å². The Bertz CT molecular complexity index is 431. The van der Waals surface area contributed by atoms with Gasteiger partial charge in [-0.15, -0.1) is 0 Å². The van der Waals surface area contributed by atoms with Gasteiger partial charge in [-0.05, 0) is 48.9 Å². The van der Waals surface area contributed by atoms with E-state index in [9.17, 15) is 4.79 Å². The quantitative estimate of drug-likeness (QED) is 0.858. The Morgan fingerprint density at radius 2 is 1.94 bits per heavy atom. The summed E-state index contributed by atoms with van der Waals surface area (Å²) in [6, 6.07) is 3.82. The Morgan fingerprint density at radius 3 is 2.56 bits per heavy atom. The van der Waals surface area contributed by atoms with Crippen molar-refractivity contribution in [3.05, 3.63) is 27.7 Å². The topological polar surface area (TPSA) is 40.5 Å². The van der Waals surface area contributed by atoms with Crippen molar-refractivity contribution in [2.75, 3.05) is 11.9 Å². The van der Waals surface area contributed by atoms with Crippen molar-refractivity contribution in [1.29, 1.82) is 0 Å². The van der Waals surface area contributed by atoms with Crippen molar-refractivity contribution in [3.63, 3.8) is 0 Å². The fraction of sp³-hybridized carbons (Fsp3) is 0.417. The van der Waals surface area contributed by atoms with Crippen LogP contribution < -0.4 is 4.90 Å². The summed E-state index contributed by atoms with van der Waals surface area (Å²) in [6.07, 6.45) is 3.43. The zero-order valence-electron chi connectivity index (χ0n) is 9.16. The number of rotatable bonds is 1. The zero-order chi connectivity index (χ0) is 11.7. The van der Waals surface area contributed by atoms with E-state index in [1.165, 1.54) is 22.4 Å². The summed E-state index contributed by atoms with van der Waals surface area (Å²) in [4.78, 5) is 12.3. The van der Waals surface area contributed by atoms with Crippen LogP contribution >= 0.6 is 15.9 Å². The molecule has 1 aromatic rings. The Hall–Kier alpha value is -1.03. The molecule has 0 bridgehead atoms. The van der Waals surface area contributed by atoms with Crippen LogP contribution in [0.2, 0.25) is 0 Å². The minimum absolute atomic E-state index is 0.824. The number of hydrogen-bond donors (Lipinski definition) is 1. The number of halogens is 1. The van der Waals surface area contributed by atoms with E-state index in [2.05, 4.69) is 15.9 Å². The van der Waals surface area contributed by atoms with Gasteiger partial charge in [-0.25, -0.2) is 4.79 Å². The van der Waals surface area contributed by atoms with Crippen molar-refractivity contribution in [2.24, 2.45) is 0 Å². The number of amides is 1. The van der Waals surface area contributed by atoms with Gasteiger partial charge in [0.1, 0.15) is 0 Å². The number of nitrogens with zero attached hydrogens (tertiary/aromatic N) is 1. The number of carbonyl (C=O) groups is 1. The maximum absolute atomic E-state index is 11.0. The first-order chi connectivity index (χ1) is 7.61. The van der Waals surface area contributed by atoms with E-state index in [0.717, 1.165) is 29.4 Å². The maximum atomic E-state index is 11.0. The zero-order valence-corrected chi connectivity index (χ0v) is 10.7. The van der Waals surface area contributed by atoms with Gasteiger partial charge in [-0.1, -0.05) is 15.9 Å². The summed E-state index contributed by atoms with van der Waals surface area (Å²) in [5, 5.41) is 9.02. The molecular weight excluding hydrogens is 270 g/mol. The largest absolute Gasteiger partial charge is 0.465 e. The third-order valence-electron chi connectivity index (χ3n) is 3.10. The van der Waals surface area contributed by atoms with E-state index in [0.29, 0.717) is 0 Å². The van der Waals surface area contributed by atoms with E-state index < -0.39 is 6.09 Å². The van der Waals surface area contributed by atoms with E-state index in [1.54, 1.807) is 7.05 Å². The highest BCUT2D eigenvalue weighted by Crippen LogP contribution is 2.34. The molecule has 1 amide bonds. The van der Waals surface area contributed by atoms with Crippen molar-refractivity contribution in [3.8, 4) is 0 Å². The first-order valence-corrected chi connectivity index (χ1v) is 6.17. The minimum atomic E-state index is -0.907. The van der Waals surface area contributed by atoms with Crippen LogP contribution in [0.15, 0.2) is 16.6 Å². The van der Waals surface area contributed by atoms with Gasteiger partial charge >= 0.3 is 6.09 Å². The predicted octanol–water partition coefficient (Wildman–Crippen LogP) is 3.44. The van der Waals surface area contributed by atoms with Gasteiger partial charge in [0.15, 0.2) is 0 Å². The average Bonchev–Trinajstić information content (AvgIpc) is 2.29. The second-order valence-corrected chi connectivity index (χ2v) is 4.93. The molecule has 16 heavy (non-hydrogen) atoms. The molecule has 1 aromatic carbocycles. The van der Waals surface area contributed by atoms with Crippen LogP contribution in [-0.4, -0.2) is 18.2 Å². The van der Waals surface area contributed by atoms with Gasteiger partial charge in [-0.3, -0.25) is 4.90 Å². The summed E-state index contributed by atoms with van der Waals surface area (Å²) < 4.78 is 1.10. The molecule has 3 nitrogen and oxygen atoms in total. The molecule has 0 atom stereocenters. The molecule has 86 valence electrons. The fourth-order valence-electron chi connectivity index (χ4n) is 2.22. The van der Waals surface area contributed by atoms with Crippen molar-refractivity contribution in [2.45, 2.75) is 25.7 Å². The lowest BCUT2D eigenvalue weighted by molar-refractivity contribution is 0.203. The van der Waals surface area contributed by atoms with Crippen LogP contribution in [-0.2, 0) is 12.8 Å². The Morgan fingerprint density at radius 1 is 1.31 bits per heavy atom. The molecule has 1 aliphatic carbocycles. The van der Waals surface area contributed by atoms with E-state index in [1.807, 2.05) is 12.1 Å². The predicted molar refractivity (Wildman–Crippen MR) is 67.2 cm³/mol. The highest BCUT2D eigenvalue weighted by atomic mass is 79.9. The van der Waals surface area contributed by atoms with Crippen molar-refractivity contribution >= 4 is 27.7 Å². The second-order valence-electron chi connectivity index (χ2n) is 4.07. The number of carboxylic acid groups (broad SMARTS) is 1. The van der Waals surface area contributed by atoms with Crippen LogP contribution in [0, 0.1) is 0 Å². The van der Waals surface area contributed by atoms with Crippen LogP contribution in [0.1, 0.15) is 24.0 Å². The number of hydrogen-bond acceptors (Lipinski definition) is 1. The number of anilines is 1. The van der Waals surface area contributed by atoms with Gasteiger partial charge in [0.05, 0.1) is 5.69 Å². The molecule has 2 rings (SSSR count). The minimum Gasteiger partial charge on any atom is -0.465 e. The average molecular weight is 284 g/mol. The lowest BCUT2D eigenvalue weighted by atomic mass is 9.90. The Labute approximate surface area is 103 Å². The van der Waals surface area contributed by atoms with Crippen molar-refractivity contribution < 1.29 is 9.90 Å². The summed E-state index contributed by atoms with van der Waals surface area (Å²) in [5.41, 5.74) is 3.28. The molecule has 0 aromatic heterocycles. The molecule has 0 spiro atoms. The van der Waals surface area contributed by atoms with E-state index >= 15 is 0 Å². The highest BCUT2D eigenvalue weighted by molar-refractivity contribution is 9.10. The van der Waals surface area contributed by atoms with Gasteiger partial charge in [0.25, 0.3) is 0 Å². The van der Waals surface area contributed by atoms with Gasteiger partial charge in [0, 0.05) is 11.5 Å². The second kappa shape index (κ2) is 4.45. The highest BCUT2D eigenvalue weighted by Gasteiger charge is 2.20. The summed E-state index contributed by atoms with van der Waals surface area (Å²) >= 11 is 3.54. The molecule has 0 heterocycles. The molecule has 1 N–H and O–H groups in total. The Kier molecular flexibility index (Phi) is 3.19. The molecule has 0 saturated carbocycles. The molecular formula is C12H14BrNO2. The fourth-order valence-corrected chi connectivity index (χ4v) is 2.79. The first-order valence-electron chi connectivity index (χ1n) is 5.38. The van der Waals surface area contributed by atoms with Gasteiger partial charge in [-0.2, -0.15) is 0 Å². The molecule has 1 aliphatic rings. The van der Waals surface area contributed by atoms with Gasteiger partial charge in [0.2, 0.25) is 0 Å². The number of fused-ring (bicyclic) bond motifs is 1. The molecule has 0 fully saturated rings. The van der Waals surface area contributed by atoms with Crippen LogP contribution in [0.3, 0.4) is 0 Å². The Balaban J connectivity index is 2.50. The summed E-state index contributed by atoms with van der Waals surface area (Å²) in [5.74, 6) is 0.